The summed E-state index contributed by atoms with van der Waals surface area (Å²) in [6.45, 7) is 0. The van der Waals surface area contributed by atoms with Crippen LogP contribution in [-0.4, -0.2) is 31.0 Å². The molecule has 1 saturated carbocycles. The number of guanidine groups is 1. The monoisotopic (exact) mass is 255 g/mol. The molecule has 0 radical (unpaired) electrons. The summed E-state index contributed by atoms with van der Waals surface area (Å²) in [6.07, 6.45) is 0.801. The highest BCUT2D eigenvalue weighted by Crippen LogP contribution is 2.47. The molecule has 92 valence electrons. The molecule has 5 heteroatoms. The van der Waals surface area contributed by atoms with Crippen molar-refractivity contribution in [1.29, 1.82) is 0 Å². The van der Waals surface area contributed by atoms with E-state index < -0.39 is 0 Å². The largest absolute Gasteiger partial charge is 0.370 e. The smallest absolute Gasteiger partial charge is 0.191 e. The average molecular weight is 256 g/mol. The number of hydrogen-bond acceptors (Lipinski definition) is 1. The molecule has 2 rings (SSSR count). The molecule has 0 spiro atoms. The third-order valence-electron chi connectivity index (χ3n) is 2.88. The predicted molar refractivity (Wildman–Crippen MR) is 67.9 cm³/mol. The lowest BCUT2D eigenvalue weighted by Gasteiger charge is -2.10. The minimum absolute atomic E-state index is 0.0480. The van der Waals surface area contributed by atoms with Crippen molar-refractivity contribution in [3.05, 3.63) is 34.6 Å². The third kappa shape index (κ3) is 2.52. The van der Waals surface area contributed by atoms with Crippen molar-refractivity contribution in [3.8, 4) is 0 Å². The molecule has 2 atom stereocenters. The van der Waals surface area contributed by atoms with Gasteiger partial charge in [-0.2, -0.15) is 0 Å². The Hall–Kier alpha value is -1.29. The SMILES string of the molecule is CN(C)C(N)=NC1CC1c1c(F)cccc1Cl. The van der Waals surface area contributed by atoms with Crippen LogP contribution in [0.3, 0.4) is 0 Å². The average Bonchev–Trinajstić information content (AvgIpc) is 2.96. The van der Waals surface area contributed by atoms with Gasteiger partial charge in [0.15, 0.2) is 5.96 Å². The molecule has 2 unspecified atom stereocenters. The lowest BCUT2D eigenvalue weighted by atomic mass is 10.1. The molecule has 17 heavy (non-hydrogen) atoms. The van der Waals surface area contributed by atoms with Gasteiger partial charge in [-0.15, -0.1) is 0 Å². The number of aliphatic imine (C=N–C) groups is 1. The number of benzene rings is 1. The molecule has 2 N–H and O–H groups in total. The van der Waals surface area contributed by atoms with Crippen LogP contribution in [0.5, 0.6) is 0 Å². The zero-order chi connectivity index (χ0) is 12.6. The van der Waals surface area contributed by atoms with Gasteiger partial charge in [0.25, 0.3) is 0 Å². The van der Waals surface area contributed by atoms with E-state index in [1.165, 1.54) is 6.07 Å². The molecule has 1 aromatic rings. The molecule has 1 aliphatic rings. The van der Waals surface area contributed by atoms with E-state index in [0.29, 0.717) is 16.5 Å². The highest BCUT2D eigenvalue weighted by atomic mass is 35.5. The summed E-state index contributed by atoms with van der Waals surface area (Å²) in [4.78, 5) is 6.06. The summed E-state index contributed by atoms with van der Waals surface area (Å²) in [5, 5.41) is 0.469. The van der Waals surface area contributed by atoms with Crippen LogP contribution in [0.2, 0.25) is 5.02 Å². The van der Waals surface area contributed by atoms with Crippen molar-refractivity contribution in [1.82, 2.24) is 4.90 Å². The van der Waals surface area contributed by atoms with E-state index in [1.54, 1.807) is 17.0 Å². The third-order valence-corrected chi connectivity index (χ3v) is 3.21. The molecule has 0 saturated heterocycles. The number of nitrogens with zero attached hydrogens (tertiary/aromatic N) is 2. The number of nitrogens with two attached hydrogens (primary N) is 1. The Balaban J connectivity index is 2.16. The van der Waals surface area contributed by atoms with Crippen LogP contribution in [0.1, 0.15) is 17.9 Å². The van der Waals surface area contributed by atoms with Gasteiger partial charge in [-0.1, -0.05) is 17.7 Å². The van der Waals surface area contributed by atoms with E-state index in [9.17, 15) is 4.39 Å². The van der Waals surface area contributed by atoms with Gasteiger partial charge in [-0.05, 0) is 18.6 Å². The maximum atomic E-state index is 13.6. The highest BCUT2D eigenvalue weighted by Gasteiger charge is 2.41. The van der Waals surface area contributed by atoms with Gasteiger partial charge in [0, 0.05) is 30.6 Å². The zero-order valence-corrected chi connectivity index (χ0v) is 10.6. The van der Waals surface area contributed by atoms with Crippen LogP contribution in [0.4, 0.5) is 4.39 Å². The minimum atomic E-state index is -0.261. The van der Waals surface area contributed by atoms with E-state index in [1.807, 2.05) is 14.1 Å². The molecule has 0 aromatic heterocycles. The normalized spacial score (nSPS) is 23.6. The summed E-state index contributed by atoms with van der Waals surface area (Å²) >= 11 is 6.00. The summed E-state index contributed by atoms with van der Waals surface area (Å²) in [5.74, 6) is 0.260. The van der Waals surface area contributed by atoms with Gasteiger partial charge in [0.05, 0.1) is 6.04 Å². The van der Waals surface area contributed by atoms with Gasteiger partial charge >= 0.3 is 0 Å². The van der Waals surface area contributed by atoms with Crippen LogP contribution in [-0.2, 0) is 0 Å². The van der Waals surface area contributed by atoms with Crippen molar-refractivity contribution in [2.45, 2.75) is 18.4 Å². The molecule has 1 aromatic carbocycles. The lowest BCUT2D eigenvalue weighted by molar-refractivity contribution is 0.602. The fourth-order valence-corrected chi connectivity index (χ4v) is 2.09. The molecular weight excluding hydrogens is 241 g/mol. The quantitative estimate of drug-likeness (QED) is 0.650. The van der Waals surface area contributed by atoms with Crippen LogP contribution in [0.25, 0.3) is 0 Å². The molecule has 1 aliphatic carbocycles. The second-order valence-electron chi connectivity index (χ2n) is 4.43. The molecule has 1 fully saturated rings. The number of hydrogen-bond donors (Lipinski definition) is 1. The second kappa shape index (κ2) is 4.53. The first-order valence-corrected chi connectivity index (χ1v) is 5.83. The summed E-state index contributed by atoms with van der Waals surface area (Å²) in [6, 6.07) is 4.78. The minimum Gasteiger partial charge on any atom is -0.370 e. The van der Waals surface area contributed by atoms with E-state index in [2.05, 4.69) is 4.99 Å². The summed E-state index contributed by atoms with van der Waals surface area (Å²) in [7, 11) is 3.65. The van der Waals surface area contributed by atoms with Crippen molar-refractivity contribution < 1.29 is 4.39 Å². The fraction of sp³-hybridized carbons (Fsp3) is 0.417. The molecule has 0 aliphatic heterocycles. The molecular formula is C12H15ClFN3. The van der Waals surface area contributed by atoms with Crippen molar-refractivity contribution >= 4 is 17.6 Å². The highest BCUT2D eigenvalue weighted by molar-refractivity contribution is 6.31. The van der Waals surface area contributed by atoms with Gasteiger partial charge < -0.3 is 10.6 Å². The Morgan fingerprint density at radius 1 is 1.53 bits per heavy atom. The standard InChI is InChI=1S/C12H15ClFN3/c1-17(2)12(15)16-10-6-7(10)11-8(13)4-3-5-9(11)14/h3-5,7,10H,6H2,1-2H3,(H2,15,16). The molecule has 0 amide bonds. The van der Waals surface area contributed by atoms with E-state index in [-0.39, 0.29) is 17.8 Å². The Morgan fingerprint density at radius 2 is 2.24 bits per heavy atom. The molecule has 3 nitrogen and oxygen atoms in total. The summed E-state index contributed by atoms with van der Waals surface area (Å²) in [5.41, 5.74) is 6.29. The zero-order valence-electron chi connectivity index (χ0n) is 9.82. The first kappa shape index (κ1) is 12.2. The van der Waals surface area contributed by atoms with Gasteiger partial charge in [-0.25, -0.2) is 9.38 Å². The first-order valence-electron chi connectivity index (χ1n) is 5.45. The van der Waals surface area contributed by atoms with Gasteiger partial charge in [-0.3, -0.25) is 0 Å². The topological polar surface area (TPSA) is 41.6 Å². The Kier molecular flexibility index (Phi) is 3.24. The van der Waals surface area contributed by atoms with Crippen LogP contribution < -0.4 is 5.73 Å². The number of rotatable bonds is 2. The Labute approximate surface area is 105 Å². The van der Waals surface area contributed by atoms with Gasteiger partial charge in [0.1, 0.15) is 5.82 Å². The first-order chi connectivity index (χ1) is 8.00. The molecule has 0 heterocycles. The van der Waals surface area contributed by atoms with Crippen molar-refractivity contribution in [2.24, 2.45) is 10.7 Å². The number of halogens is 2. The maximum absolute atomic E-state index is 13.6. The van der Waals surface area contributed by atoms with Crippen LogP contribution in [0.15, 0.2) is 23.2 Å². The van der Waals surface area contributed by atoms with Crippen LogP contribution in [0, 0.1) is 5.82 Å². The van der Waals surface area contributed by atoms with Crippen molar-refractivity contribution in [2.75, 3.05) is 14.1 Å². The van der Waals surface area contributed by atoms with E-state index >= 15 is 0 Å². The van der Waals surface area contributed by atoms with E-state index in [4.69, 9.17) is 17.3 Å². The molecule has 0 bridgehead atoms. The predicted octanol–water partition coefficient (Wildman–Crippen LogP) is 2.21. The van der Waals surface area contributed by atoms with Gasteiger partial charge in [0.2, 0.25) is 0 Å². The Morgan fingerprint density at radius 3 is 2.82 bits per heavy atom. The lowest BCUT2D eigenvalue weighted by Crippen LogP contribution is -2.30. The second-order valence-corrected chi connectivity index (χ2v) is 4.83. The fourth-order valence-electron chi connectivity index (χ4n) is 1.78. The Bertz CT molecular complexity index is 439. The van der Waals surface area contributed by atoms with Crippen molar-refractivity contribution in [3.63, 3.8) is 0 Å². The van der Waals surface area contributed by atoms with E-state index in [0.717, 1.165) is 6.42 Å². The van der Waals surface area contributed by atoms with Crippen LogP contribution >= 0.6 is 11.6 Å². The maximum Gasteiger partial charge on any atom is 0.191 e. The summed E-state index contributed by atoms with van der Waals surface area (Å²) < 4.78 is 13.6.